The summed E-state index contributed by atoms with van der Waals surface area (Å²) in [6.45, 7) is 7.20. The molecule has 1 fully saturated rings. The van der Waals surface area contributed by atoms with Gasteiger partial charge in [-0.3, -0.25) is 29.8 Å². The van der Waals surface area contributed by atoms with Gasteiger partial charge in [-0.25, -0.2) is 0 Å². The third-order valence-electron chi connectivity index (χ3n) is 5.42. The van der Waals surface area contributed by atoms with E-state index in [1.54, 1.807) is 49.6 Å². The summed E-state index contributed by atoms with van der Waals surface area (Å²) in [5, 5.41) is 22.3. The van der Waals surface area contributed by atoms with Crippen molar-refractivity contribution in [3.05, 3.63) is 68.8 Å². The number of carbonyl (C=O) groups excluding carboxylic acids is 2. The molecule has 0 amide bonds. The highest BCUT2D eigenvalue weighted by atomic mass is 16.6. The van der Waals surface area contributed by atoms with Gasteiger partial charge in [0.25, 0.3) is 11.4 Å². The summed E-state index contributed by atoms with van der Waals surface area (Å²) in [6.07, 6.45) is 0. The topological polar surface area (TPSA) is 127 Å². The maximum atomic E-state index is 13.3. The van der Waals surface area contributed by atoms with Gasteiger partial charge in [-0.2, -0.15) is 0 Å². The van der Waals surface area contributed by atoms with Crippen molar-refractivity contribution >= 4 is 34.3 Å². The minimum atomic E-state index is -1.08. The molecule has 10 nitrogen and oxygen atoms in total. The van der Waals surface area contributed by atoms with Crippen LogP contribution in [0, 0.1) is 20.2 Å². The highest BCUT2D eigenvalue weighted by Gasteiger charge is 2.56. The molecule has 1 aliphatic rings. The Morgan fingerprint density at radius 2 is 1.06 bits per heavy atom. The van der Waals surface area contributed by atoms with Gasteiger partial charge >= 0.3 is 0 Å². The van der Waals surface area contributed by atoms with Crippen LogP contribution in [0.3, 0.4) is 0 Å². The molecule has 0 aliphatic heterocycles. The molecule has 0 radical (unpaired) electrons. The smallest absolute Gasteiger partial charge is 0.271 e. The fraction of sp³-hybridized carbons (Fsp3) is 0.364. The van der Waals surface area contributed by atoms with Gasteiger partial charge in [0.05, 0.1) is 9.85 Å². The summed E-state index contributed by atoms with van der Waals surface area (Å²) in [6, 6.07) is 8.93. The maximum absolute atomic E-state index is 13.3. The van der Waals surface area contributed by atoms with E-state index < -0.39 is 21.9 Å². The van der Waals surface area contributed by atoms with Crippen LogP contribution in [0.5, 0.6) is 0 Å². The summed E-state index contributed by atoms with van der Waals surface area (Å²) < 4.78 is 0. The molecule has 0 bridgehead atoms. The number of ketones is 2. The van der Waals surface area contributed by atoms with Crippen molar-refractivity contribution in [3.8, 4) is 0 Å². The van der Waals surface area contributed by atoms with Crippen molar-refractivity contribution in [2.45, 2.75) is 51.9 Å². The van der Waals surface area contributed by atoms with Crippen molar-refractivity contribution in [2.24, 2.45) is 0 Å². The van der Waals surface area contributed by atoms with Crippen molar-refractivity contribution in [3.63, 3.8) is 0 Å². The Balaban J connectivity index is 1.96. The highest BCUT2D eigenvalue weighted by molar-refractivity contribution is 6.33. The summed E-state index contributed by atoms with van der Waals surface area (Å²) >= 11 is 0. The molecule has 10 heteroatoms. The summed E-state index contributed by atoms with van der Waals surface area (Å²) in [5.41, 5.74) is 0.547. The first-order chi connectivity index (χ1) is 15.0. The molecule has 1 saturated carbocycles. The lowest BCUT2D eigenvalue weighted by molar-refractivity contribution is -0.385. The molecule has 0 heterocycles. The van der Waals surface area contributed by atoms with E-state index in [2.05, 4.69) is 0 Å². The number of hydrogen-bond donors (Lipinski definition) is 0. The van der Waals surface area contributed by atoms with Gasteiger partial charge in [0.2, 0.25) is 0 Å². The van der Waals surface area contributed by atoms with Crippen LogP contribution in [0.25, 0.3) is 0 Å². The Morgan fingerprint density at radius 3 is 1.34 bits per heavy atom. The normalized spacial score (nSPS) is 17.9. The van der Waals surface area contributed by atoms with Gasteiger partial charge in [0, 0.05) is 47.7 Å². The van der Waals surface area contributed by atoms with Crippen molar-refractivity contribution in [1.82, 2.24) is 0 Å². The number of nitro groups is 2. The van der Waals surface area contributed by atoms with E-state index in [1.807, 2.05) is 0 Å². The molecule has 2 aromatic carbocycles. The Morgan fingerprint density at radius 1 is 0.719 bits per heavy atom. The van der Waals surface area contributed by atoms with Crippen LogP contribution in [0.1, 0.15) is 27.7 Å². The van der Waals surface area contributed by atoms with Crippen LogP contribution in [0.2, 0.25) is 0 Å². The van der Waals surface area contributed by atoms with Crippen LogP contribution < -0.4 is 9.80 Å². The van der Waals surface area contributed by atoms with Crippen LogP contribution in [-0.4, -0.2) is 45.6 Å². The Hall–Kier alpha value is -3.82. The minimum absolute atomic E-state index is 0.135. The van der Waals surface area contributed by atoms with Gasteiger partial charge in [-0.1, -0.05) is 12.1 Å². The van der Waals surface area contributed by atoms with E-state index >= 15 is 0 Å². The third-order valence-corrected chi connectivity index (χ3v) is 5.42. The fourth-order valence-corrected chi connectivity index (χ4v) is 4.06. The van der Waals surface area contributed by atoms with Crippen LogP contribution >= 0.6 is 0 Å². The minimum Gasteiger partial charge on any atom is -0.352 e. The van der Waals surface area contributed by atoms with Crippen molar-refractivity contribution in [2.75, 3.05) is 9.80 Å². The predicted molar refractivity (Wildman–Crippen MR) is 119 cm³/mol. The van der Waals surface area contributed by atoms with E-state index in [-0.39, 0.29) is 35.0 Å². The SMILES string of the molecule is CC(C)N(c1cccc([N+](=O)[O-])c1)C1C(=O)C(N(c2cccc([N+](=O)[O-])c2)C(C)C)C1=O. The lowest BCUT2D eigenvalue weighted by Gasteiger charge is -2.48. The summed E-state index contributed by atoms with van der Waals surface area (Å²) in [5.74, 6) is -0.703. The number of nitro benzene ring substituents is 2. The molecule has 0 spiro atoms. The zero-order chi connectivity index (χ0) is 23.7. The third kappa shape index (κ3) is 4.03. The van der Waals surface area contributed by atoms with E-state index in [4.69, 9.17) is 0 Å². The Labute approximate surface area is 184 Å². The molecule has 3 rings (SSSR count). The highest BCUT2D eigenvalue weighted by Crippen LogP contribution is 2.35. The first-order valence-electron chi connectivity index (χ1n) is 10.2. The maximum Gasteiger partial charge on any atom is 0.271 e. The molecule has 0 saturated heterocycles. The fourth-order valence-electron chi connectivity index (χ4n) is 4.06. The van der Waals surface area contributed by atoms with Crippen LogP contribution in [0.4, 0.5) is 22.7 Å². The second kappa shape index (κ2) is 8.74. The number of hydrogen-bond acceptors (Lipinski definition) is 8. The van der Waals surface area contributed by atoms with E-state index in [0.717, 1.165) is 0 Å². The number of carbonyl (C=O) groups is 2. The van der Waals surface area contributed by atoms with E-state index in [9.17, 15) is 29.8 Å². The quantitative estimate of drug-likeness (QED) is 0.347. The lowest BCUT2D eigenvalue weighted by atomic mass is 9.79. The largest absolute Gasteiger partial charge is 0.352 e. The molecule has 168 valence electrons. The average Bonchev–Trinajstić information content (AvgIpc) is 2.74. The predicted octanol–water partition coefficient (Wildman–Crippen LogP) is 3.52. The average molecular weight is 440 g/mol. The number of benzene rings is 2. The number of anilines is 2. The van der Waals surface area contributed by atoms with Gasteiger partial charge in [0.15, 0.2) is 23.7 Å². The monoisotopic (exact) mass is 440 g/mol. The standard InChI is InChI=1S/C22H24N4O6/c1-13(2)23(15-7-5-9-17(11-15)25(29)30)19-21(27)20(22(19)28)24(14(3)4)16-8-6-10-18(12-16)26(31)32/h5-14,19-20H,1-4H3. The van der Waals surface area contributed by atoms with E-state index in [1.165, 1.54) is 36.4 Å². The number of rotatable bonds is 8. The Kier molecular flexibility index (Phi) is 6.24. The summed E-state index contributed by atoms with van der Waals surface area (Å²) in [7, 11) is 0. The van der Waals surface area contributed by atoms with E-state index in [0.29, 0.717) is 11.4 Å². The zero-order valence-electron chi connectivity index (χ0n) is 18.2. The Bertz CT molecular complexity index is 986. The number of Topliss-reactive ketones (excluding diaryl/α,β-unsaturated/α-hetero) is 2. The van der Waals surface area contributed by atoms with Gasteiger partial charge in [0.1, 0.15) is 0 Å². The molecule has 2 aromatic rings. The second-order valence-corrected chi connectivity index (χ2v) is 8.17. The van der Waals surface area contributed by atoms with Gasteiger partial charge in [-0.05, 0) is 39.8 Å². The first-order valence-corrected chi connectivity index (χ1v) is 10.2. The van der Waals surface area contributed by atoms with Crippen LogP contribution in [-0.2, 0) is 9.59 Å². The molecule has 0 atom stereocenters. The van der Waals surface area contributed by atoms with Gasteiger partial charge in [-0.15, -0.1) is 0 Å². The molecule has 0 N–H and O–H groups in total. The molecular formula is C22H24N4O6. The molecule has 1 aliphatic carbocycles. The van der Waals surface area contributed by atoms with Crippen molar-refractivity contribution in [1.29, 1.82) is 0 Å². The summed E-state index contributed by atoms with van der Waals surface area (Å²) in [4.78, 5) is 51.0. The lowest BCUT2D eigenvalue weighted by Crippen LogP contribution is -2.72. The molecule has 0 unspecified atom stereocenters. The van der Waals surface area contributed by atoms with Crippen molar-refractivity contribution < 1.29 is 19.4 Å². The first kappa shape index (κ1) is 22.9. The molecular weight excluding hydrogens is 416 g/mol. The number of nitrogens with zero attached hydrogens (tertiary/aromatic N) is 4. The molecule has 32 heavy (non-hydrogen) atoms. The van der Waals surface area contributed by atoms with Crippen LogP contribution in [0.15, 0.2) is 48.5 Å². The second-order valence-electron chi connectivity index (χ2n) is 8.17. The zero-order valence-corrected chi connectivity index (χ0v) is 18.2. The number of non-ortho nitro benzene ring substituents is 2. The van der Waals surface area contributed by atoms with Gasteiger partial charge < -0.3 is 9.80 Å². The molecule has 0 aromatic heterocycles.